The van der Waals surface area contributed by atoms with Gasteiger partial charge in [-0.05, 0) is 37.9 Å². The standard InChI is InChI=1S/C16H22ClN3/c1-5-8-18-15(16-14(17)10-19-20(16)4)13-7-6-11(2)9-12(13)3/h6-7,9-10,15,18H,5,8H2,1-4H3. The van der Waals surface area contributed by atoms with E-state index in [9.17, 15) is 0 Å². The van der Waals surface area contributed by atoms with Crippen molar-refractivity contribution in [1.82, 2.24) is 15.1 Å². The maximum absolute atomic E-state index is 6.33. The van der Waals surface area contributed by atoms with Crippen LogP contribution in [0.5, 0.6) is 0 Å². The van der Waals surface area contributed by atoms with E-state index >= 15 is 0 Å². The number of halogens is 1. The van der Waals surface area contributed by atoms with Crippen LogP contribution in [0.25, 0.3) is 0 Å². The molecule has 0 radical (unpaired) electrons. The van der Waals surface area contributed by atoms with Crippen molar-refractivity contribution >= 4 is 11.6 Å². The summed E-state index contributed by atoms with van der Waals surface area (Å²) in [5, 5.41) is 8.56. The molecule has 2 aromatic rings. The Morgan fingerprint density at radius 3 is 2.65 bits per heavy atom. The van der Waals surface area contributed by atoms with Gasteiger partial charge in [-0.15, -0.1) is 0 Å². The second kappa shape index (κ2) is 6.42. The molecule has 0 fully saturated rings. The Hall–Kier alpha value is -1.32. The second-order valence-electron chi connectivity index (χ2n) is 5.25. The molecule has 0 spiro atoms. The number of benzene rings is 1. The average molecular weight is 292 g/mol. The topological polar surface area (TPSA) is 29.9 Å². The smallest absolute Gasteiger partial charge is 0.0837 e. The quantitative estimate of drug-likeness (QED) is 0.908. The Morgan fingerprint density at radius 2 is 2.10 bits per heavy atom. The molecule has 1 N–H and O–H groups in total. The third-order valence-corrected chi connectivity index (χ3v) is 3.84. The number of hydrogen-bond acceptors (Lipinski definition) is 2. The van der Waals surface area contributed by atoms with Crippen molar-refractivity contribution in [3.8, 4) is 0 Å². The van der Waals surface area contributed by atoms with Gasteiger partial charge in [-0.3, -0.25) is 4.68 Å². The van der Waals surface area contributed by atoms with Crippen LogP contribution in [-0.2, 0) is 7.05 Å². The van der Waals surface area contributed by atoms with E-state index in [-0.39, 0.29) is 6.04 Å². The summed E-state index contributed by atoms with van der Waals surface area (Å²) in [7, 11) is 1.94. The van der Waals surface area contributed by atoms with Gasteiger partial charge in [-0.1, -0.05) is 42.3 Å². The van der Waals surface area contributed by atoms with E-state index in [0.29, 0.717) is 5.02 Å². The van der Waals surface area contributed by atoms with Gasteiger partial charge in [0.25, 0.3) is 0 Å². The molecule has 1 atom stereocenters. The van der Waals surface area contributed by atoms with Gasteiger partial charge in [-0.2, -0.15) is 5.10 Å². The number of aryl methyl sites for hydroxylation is 3. The average Bonchev–Trinajstić information content (AvgIpc) is 2.72. The number of rotatable bonds is 5. The number of nitrogens with one attached hydrogen (secondary N) is 1. The lowest BCUT2D eigenvalue weighted by molar-refractivity contribution is 0.552. The summed E-state index contributed by atoms with van der Waals surface area (Å²) in [5.74, 6) is 0. The third-order valence-electron chi connectivity index (χ3n) is 3.55. The summed E-state index contributed by atoms with van der Waals surface area (Å²) < 4.78 is 1.86. The summed E-state index contributed by atoms with van der Waals surface area (Å²) in [6.07, 6.45) is 2.79. The van der Waals surface area contributed by atoms with E-state index in [1.54, 1.807) is 6.20 Å². The Kier molecular flexibility index (Phi) is 4.84. The summed E-state index contributed by atoms with van der Waals surface area (Å²) >= 11 is 6.33. The van der Waals surface area contributed by atoms with Gasteiger partial charge in [-0.25, -0.2) is 0 Å². The molecule has 0 saturated heterocycles. The molecule has 108 valence electrons. The molecule has 0 aliphatic rings. The molecule has 1 aromatic heterocycles. The Labute approximate surface area is 126 Å². The Balaban J connectivity index is 2.47. The highest BCUT2D eigenvalue weighted by Crippen LogP contribution is 2.30. The molecular weight excluding hydrogens is 270 g/mol. The highest BCUT2D eigenvalue weighted by molar-refractivity contribution is 6.31. The number of nitrogens with zero attached hydrogens (tertiary/aromatic N) is 2. The number of hydrogen-bond donors (Lipinski definition) is 1. The molecule has 0 bridgehead atoms. The zero-order valence-corrected chi connectivity index (χ0v) is 13.3. The van der Waals surface area contributed by atoms with E-state index in [2.05, 4.69) is 49.4 Å². The van der Waals surface area contributed by atoms with Gasteiger partial charge in [0.1, 0.15) is 0 Å². The summed E-state index contributed by atoms with van der Waals surface area (Å²) in [4.78, 5) is 0. The SMILES string of the molecule is CCCNC(c1ccc(C)cc1C)c1c(Cl)cnn1C. The van der Waals surface area contributed by atoms with E-state index in [4.69, 9.17) is 11.6 Å². The van der Waals surface area contributed by atoms with Crippen molar-refractivity contribution in [2.24, 2.45) is 7.05 Å². The van der Waals surface area contributed by atoms with Crippen molar-refractivity contribution in [3.05, 3.63) is 51.8 Å². The lowest BCUT2D eigenvalue weighted by Crippen LogP contribution is -2.26. The van der Waals surface area contributed by atoms with Gasteiger partial charge < -0.3 is 5.32 Å². The van der Waals surface area contributed by atoms with Gasteiger partial charge >= 0.3 is 0 Å². The maximum atomic E-state index is 6.33. The first-order chi connectivity index (χ1) is 9.54. The van der Waals surface area contributed by atoms with Crippen LogP contribution in [0, 0.1) is 13.8 Å². The Bertz CT molecular complexity index is 570. The fraction of sp³-hybridized carbons (Fsp3) is 0.438. The highest BCUT2D eigenvalue weighted by Gasteiger charge is 2.21. The van der Waals surface area contributed by atoms with Gasteiger partial charge in [0.15, 0.2) is 0 Å². The van der Waals surface area contributed by atoms with Crippen LogP contribution in [-0.4, -0.2) is 16.3 Å². The first-order valence-corrected chi connectivity index (χ1v) is 7.40. The molecular formula is C16H22ClN3. The van der Waals surface area contributed by atoms with Crippen LogP contribution in [0.15, 0.2) is 24.4 Å². The summed E-state index contributed by atoms with van der Waals surface area (Å²) in [5.41, 5.74) is 4.83. The van der Waals surface area contributed by atoms with E-state index in [0.717, 1.165) is 18.7 Å². The zero-order chi connectivity index (χ0) is 14.7. The molecule has 1 heterocycles. The molecule has 0 aliphatic carbocycles. The third kappa shape index (κ3) is 3.05. The second-order valence-corrected chi connectivity index (χ2v) is 5.66. The molecule has 0 aliphatic heterocycles. The molecule has 3 nitrogen and oxygen atoms in total. The van der Waals surface area contributed by atoms with Crippen LogP contribution in [0.4, 0.5) is 0 Å². The molecule has 4 heteroatoms. The number of aromatic nitrogens is 2. The molecule has 1 unspecified atom stereocenters. The fourth-order valence-corrected chi connectivity index (χ4v) is 2.81. The van der Waals surface area contributed by atoms with Crippen molar-refractivity contribution in [3.63, 3.8) is 0 Å². The molecule has 0 amide bonds. The molecule has 2 rings (SSSR count). The van der Waals surface area contributed by atoms with Crippen LogP contribution in [0.3, 0.4) is 0 Å². The lowest BCUT2D eigenvalue weighted by atomic mass is 9.96. The van der Waals surface area contributed by atoms with Crippen LogP contribution >= 0.6 is 11.6 Å². The van der Waals surface area contributed by atoms with Crippen molar-refractivity contribution < 1.29 is 0 Å². The van der Waals surface area contributed by atoms with Gasteiger partial charge in [0.05, 0.1) is 23.0 Å². The molecule has 1 aromatic carbocycles. The van der Waals surface area contributed by atoms with E-state index < -0.39 is 0 Å². The van der Waals surface area contributed by atoms with Gasteiger partial charge in [0.2, 0.25) is 0 Å². The minimum absolute atomic E-state index is 0.0792. The maximum Gasteiger partial charge on any atom is 0.0837 e. The van der Waals surface area contributed by atoms with Crippen LogP contribution in [0.2, 0.25) is 5.02 Å². The predicted octanol–water partition coefficient (Wildman–Crippen LogP) is 3.78. The zero-order valence-electron chi connectivity index (χ0n) is 12.6. The van der Waals surface area contributed by atoms with Crippen LogP contribution < -0.4 is 5.32 Å². The largest absolute Gasteiger partial charge is 0.305 e. The first-order valence-electron chi connectivity index (χ1n) is 7.02. The van der Waals surface area contributed by atoms with Crippen molar-refractivity contribution in [2.75, 3.05) is 6.54 Å². The fourth-order valence-electron chi connectivity index (χ4n) is 2.54. The van der Waals surface area contributed by atoms with Crippen LogP contribution in [0.1, 0.15) is 41.8 Å². The minimum atomic E-state index is 0.0792. The summed E-state index contributed by atoms with van der Waals surface area (Å²) in [6, 6.07) is 6.62. The van der Waals surface area contributed by atoms with Crippen molar-refractivity contribution in [1.29, 1.82) is 0 Å². The molecule has 20 heavy (non-hydrogen) atoms. The Morgan fingerprint density at radius 1 is 1.35 bits per heavy atom. The normalized spacial score (nSPS) is 12.7. The predicted molar refractivity (Wildman–Crippen MR) is 84.3 cm³/mol. The summed E-state index contributed by atoms with van der Waals surface area (Å²) in [6.45, 7) is 7.37. The first kappa shape index (κ1) is 15.1. The highest BCUT2D eigenvalue weighted by atomic mass is 35.5. The van der Waals surface area contributed by atoms with E-state index in [1.165, 1.54) is 16.7 Å². The van der Waals surface area contributed by atoms with Gasteiger partial charge in [0, 0.05) is 7.05 Å². The lowest BCUT2D eigenvalue weighted by Gasteiger charge is -2.22. The molecule has 0 saturated carbocycles. The minimum Gasteiger partial charge on any atom is -0.305 e. The monoisotopic (exact) mass is 291 g/mol. The van der Waals surface area contributed by atoms with E-state index in [1.807, 2.05) is 11.7 Å². The van der Waals surface area contributed by atoms with Crippen molar-refractivity contribution in [2.45, 2.75) is 33.2 Å².